The van der Waals surface area contributed by atoms with Crippen LogP contribution in [0.25, 0.3) is 10.2 Å². The van der Waals surface area contributed by atoms with Crippen LogP contribution in [-0.4, -0.2) is 22.0 Å². The molecular weight excluding hydrogens is 484 g/mol. The average Bonchev–Trinajstić information content (AvgIpc) is 3.15. The van der Waals surface area contributed by atoms with Crippen molar-refractivity contribution in [2.24, 2.45) is 11.8 Å². The lowest BCUT2D eigenvalue weighted by Gasteiger charge is -2.27. The lowest BCUT2D eigenvalue weighted by molar-refractivity contribution is -0.147. The number of thiazole rings is 1. The molecular formula is C22H21BrN2O3S2. The second-order valence-electron chi connectivity index (χ2n) is 7.40. The van der Waals surface area contributed by atoms with Gasteiger partial charge >= 0.3 is 5.97 Å². The van der Waals surface area contributed by atoms with Gasteiger partial charge in [0.05, 0.1) is 22.1 Å². The van der Waals surface area contributed by atoms with Gasteiger partial charge in [0.2, 0.25) is 5.91 Å². The maximum absolute atomic E-state index is 12.7. The molecule has 1 amide bonds. The van der Waals surface area contributed by atoms with E-state index in [0.29, 0.717) is 18.5 Å². The van der Waals surface area contributed by atoms with Gasteiger partial charge in [-0.15, -0.1) is 11.3 Å². The van der Waals surface area contributed by atoms with Crippen molar-refractivity contribution in [2.75, 3.05) is 5.32 Å². The van der Waals surface area contributed by atoms with E-state index in [2.05, 4.69) is 38.4 Å². The first kappa shape index (κ1) is 21.3. The number of anilines is 1. The van der Waals surface area contributed by atoms with Gasteiger partial charge in [-0.2, -0.15) is 0 Å². The van der Waals surface area contributed by atoms with Gasteiger partial charge in [0.15, 0.2) is 4.34 Å². The molecule has 0 saturated heterocycles. The maximum atomic E-state index is 12.7. The lowest BCUT2D eigenvalue weighted by Crippen LogP contribution is -2.36. The zero-order chi connectivity index (χ0) is 21.1. The van der Waals surface area contributed by atoms with E-state index in [0.717, 1.165) is 37.6 Å². The third-order valence-corrected chi connectivity index (χ3v) is 8.09. The highest BCUT2D eigenvalue weighted by atomic mass is 79.9. The van der Waals surface area contributed by atoms with Gasteiger partial charge in [0, 0.05) is 15.9 Å². The summed E-state index contributed by atoms with van der Waals surface area (Å²) in [7, 11) is 0. The fourth-order valence-corrected chi connectivity index (χ4v) is 6.07. The van der Waals surface area contributed by atoms with Crippen molar-refractivity contribution in [3.05, 3.63) is 52.5 Å². The van der Waals surface area contributed by atoms with Crippen molar-refractivity contribution in [1.29, 1.82) is 0 Å². The van der Waals surface area contributed by atoms with E-state index in [9.17, 15) is 14.7 Å². The number of hydrogen-bond donors (Lipinski definition) is 2. The molecule has 1 aromatic heterocycles. The number of benzene rings is 2. The van der Waals surface area contributed by atoms with Crippen LogP contribution in [-0.2, 0) is 15.3 Å². The molecule has 2 atom stereocenters. The van der Waals surface area contributed by atoms with E-state index < -0.39 is 17.8 Å². The Morgan fingerprint density at radius 2 is 1.87 bits per heavy atom. The van der Waals surface area contributed by atoms with E-state index in [1.807, 2.05) is 30.3 Å². The normalized spacial score (nSPS) is 19.0. The van der Waals surface area contributed by atoms with Gasteiger partial charge in [0.25, 0.3) is 0 Å². The summed E-state index contributed by atoms with van der Waals surface area (Å²) in [6.07, 6.45) is 2.96. The number of amides is 1. The molecule has 1 aliphatic carbocycles. The Kier molecular flexibility index (Phi) is 6.75. The summed E-state index contributed by atoms with van der Waals surface area (Å²) in [5.74, 6) is -1.29. The number of hydrogen-bond acceptors (Lipinski definition) is 5. The monoisotopic (exact) mass is 504 g/mol. The molecule has 1 fully saturated rings. The highest BCUT2D eigenvalue weighted by Gasteiger charge is 2.35. The zero-order valence-corrected chi connectivity index (χ0v) is 19.4. The van der Waals surface area contributed by atoms with Crippen molar-refractivity contribution >= 4 is 66.8 Å². The van der Waals surface area contributed by atoms with Crippen LogP contribution >= 0.6 is 39.0 Å². The fourth-order valence-electron chi connectivity index (χ4n) is 3.74. The number of carboxylic acids is 1. The van der Waals surface area contributed by atoms with Crippen LogP contribution in [0.4, 0.5) is 5.69 Å². The number of fused-ring (bicyclic) bond motifs is 1. The summed E-state index contributed by atoms with van der Waals surface area (Å²) in [6.45, 7) is 0. The molecule has 1 aliphatic rings. The SMILES string of the molecule is O=C(Nc1ccc2nc(SCc3ccc(Br)cc3)sc2c1)[C@H]1CCCC[C@H]1C(=O)O. The van der Waals surface area contributed by atoms with E-state index in [1.54, 1.807) is 23.1 Å². The number of carbonyl (C=O) groups is 2. The Morgan fingerprint density at radius 1 is 1.13 bits per heavy atom. The quantitative estimate of drug-likeness (QED) is 0.391. The molecule has 0 aliphatic heterocycles. The van der Waals surface area contributed by atoms with E-state index in [-0.39, 0.29) is 5.91 Å². The minimum atomic E-state index is -0.875. The first-order valence-electron chi connectivity index (χ1n) is 9.81. The van der Waals surface area contributed by atoms with Crippen molar-refractivity contribution in [3.63, 3.8) is 0 Å². The molecule has 2 N–H and O–H groups in total. The second-order valence-corrected chi connectivity index (χ2v) is 10.6. The van der Waals surface area contributed by atoms with Gasteiger partial charge in [-0.3, -0.25) is 9.59 Å². The van der Waals surface area contributed by atoms with E-state index >= 15 is 0 Å². The molecule has 30 heavy (non-hydrogen) atoms. The Hall–Kier alpha value is -1.90. The van der Waals surface area contributed by atoms with Crippen molar-refractivity contribution in [2.45, 2.75) is 35.8 Å². The summed E-state index contributed by atoms with van der Waals surface area (Å²) >= 11 is 6.74. The molecule has 1 heterocycles. The highest BCUT2D eigenvalue weighted by molar-refractivity contribution is 9.10. The number of carbonyl (C=O) groups excluding carboxylic acids is 1. The Bertz CT molecular complexity index is 1070. The van der Waals surface area contributed by atoms with E-state index in [1.165, 1.54) is 5.56 Å². The van der Waals surface area contributed by atoms with Crippen LogP contribution in [0, 0.1) is 11.8 Å². The fraction of sp³-hybridized carbons (Fsp3) is 0.318. The zero-order valence-electron chi connectivity index (χ0n) is 16.1. The maximum Gasteiger partial charge on any atom is 0.307 e. The minimum absolute atomic E-state index is 0.198. The molecule has 2 aromatic carbocycles. The predicted octanol–water partition coefficient (Wildman–Crippen LogP) is 6.18. The van der Waals surface area contributed by atoms with Gasteiger partial charge in [-0.05, 0) is 48.7 Å². The van der Waals surface area contributed by atoms with Crippen LogP contribution in [0.1, 0.15) is 31.2 Å². The lowest BCUT2D eigenvalue weighted by atomic mass is 9.78. The molecule has 8 heteroatoms. The average molecular weight is 505 g/mol. The predicted molar refractivity (Wildman–Crippen MR) is 125 cm³/mol. The minimum Gasteiger partial charge on any atom is -0.481 e. The number of aliphatic carboxylic acids is 1. The van der Waals surface area contributed by atoms with E-state index in [4.69, 9.17) is 0 Å². The molecule has 0 radical (unpaired) electrons. The number of aromatic nitrogens is 1. The molecule has 4 rings (SSSR count). The summed E-state index contributed by atoms with van der Waals surface area (Å²) in [5, 5.41) is 12.3. The number of carboxylic acid groups (broad SMARTS) is 1. The summed E-state index contributed by atoms with van der Waals surface area (Å²) in [4.78, 5) is 28.9. The third kappa shape index (κ3) is 5.04. The van der Waals surface area contributed by atoms with Crippen LogP contribution in [0.3, 0.4) is 0 Å². The van der Waals surface area contributed by atoms with Crippen molar-refractivity contribution in [1.82, 2.24) is 4.98 Å². The molecule has 5 nitrogen and oxygen atoms in total. The second kappa shape index (κ2) is 9.49. The van der Waals surface area contributed by atoms with Crippen molar-refractivity contribution < 1.29 is 14.7 Å². The molecule has 0 unspecified atom stereocenters. The Balaban J connectivity index is 1.43. The topological polar surface area (TPSA) is 79.3 Å². The van der Waals surface area contributed by atoms with Crippen LogP contribution in [0.2, 0.25) is 0 Å². The number of thioether (sulfide) groups is 1. The molecule has 0 bridgehead atoms. The van der Waals surface area contributed by atoms with Gasteiger partial charge < -0.3 is 10.4 Å². The van der Waals surface area contributed by atoms with Crippen LogP contribution < -0.4 is 5.32 Å². The smallest absolute Gasteiger partial charge is 0.307 e. The highest BCUT2D eigenvalue weighted by Crippen LogP contribution is 2.34. The number of nitrogens with one attached hydrogen (secondary N) is 1. The van der Waals surface area contributed by atoms with Gasteiger partial charge in [0.1, 0.15) is 0 Å². The standard InChI is InChI=1S/C22H21BrN2O3S2/c23-14-7-5-13(6-8-14)12-29-22-25-18-10-9-15(11-19(18)30-22)24-20(26)16-3-1-2-4-17(16)21(27)28/h5-11,16-17H,1-4,12H2,(H,24,26)(H,27,28)/t16-,17+/m0/s1. The summed E-state index contributed by atoms with van der Waals surface area (Å²) in [5.41, 5.74) is 2.82. The van der Waals surface area contributed by atoms with Gasteiger partial charge in [-0.25, -0.2) is 4.98 Å². The molecule has 0 spiro atoms. The molecule has 1 saturated carbocycles. The Morgan fingerprint density at radius 3 is 2.60 bits per heavy atom. The molecule has 3 aromatic rings. The number of halogens is 1. The number of nitrogens with zero attached hydrogens (tertiary/aromatic N) is 1. The Labute approximate surface area is 191 Å². The first-order chi connectivity index (χ1) is 14.5. The molecule has 156 valence electrons. The van der Waals surface area contributed by atoms with Crippen LogP contribution in [0.5, 0.6) is 0 Å². The van der Waals surface area contributed by atoms with Gasteiger partial charge in [-0.1, -0.05) is 52.7 Å². The largest absolute Gasteiger partial charge is 0.481 e. The summed E-state index contributed by atoms with van der Waals surface area (Å²) in [6, 6.07) is 13.9. The van der Waals surface area contributed by atoms with Crippen LogP contribution in [0.15, 0.2) is 51.3 Å². The summed E-state index contributed by atoms with van der Waals surface area (Å²) < 4.78 is 3.05. The van der Waals surface area contributed by atoms with Crippen molar-refractivity contribution in [3.8, 4) is 0 Å². The third-order valence-electron chi connectivity index (χ3n) is 5.33. The number of rotatable bonds is 6. The first-order valence-corrected chi connectivity index (χ1v) is 12.4.